The van der Waals surface area contributed by atoms with Gasteiger partial charge in [0.25, 0.3) is 0 Å². The van der Waals surface area contributed by atoms with Gasteiger partial charge in [-0.05, 0) is 0 Å². The van der Waals surface area contributed by atoms with Gasteiger partial charge in [0.15, 0.2) is 0 Å². The minimum Gasteiger partial charge on any atom is -1.00 e. The van der Waals surface area contributed by atoms with Crippen molar-refractivity contribution in [3.05, 3.63) is 0 Å². The number of phosphoric acid groups is 1. The third-order valence-electron chi connectivity index (χ3n) is 0.209. The predicted molar refractivity (Wildman–Crippen MR) is 23.8 cm³/mol. The number of rotatable bonds is 1. The molecule has 0 aliphatic carbocycles. The molecular weight excluding hydrogens is 144 g/mol. The number of phosphoric ester groups is 1. The molecule has 0 saturated heterocycles. The van der Waals surface area contributed by atoms with Gasteiger partial charge in [-0.3, -0.25) is 9.79 Å². The molecule has 0 aromatic heterocycles. The van der Waals surface area contributed by atoms with Crippen LogP contribution in [-0.4, -0.2) is 15.9 Å². The van der Waals surface area contributed by atoms with Crippen LogP contribution in [0.25, 0.3) is 0 Å². The first-order chi connectivity index (χ1) is 3.42. The zero-order valence-electron chi connectivity index (χ0n) is 5.64. The second kappa shape index (κ2) is 3.93. The molecule has 8 heteroatoms. The molecule has 50 valence electrons. The van der Waals surface area contributed by atoms with Gasteiger partial charge >= 0.3 is 32.8 Å². The summed E-state index contributed by atoms with van der Waals surface area (Å²) >= 11 is 0. The molecule has 0 spiro atoms. The van der Waals surface area contributed by atoms with Gasteiger partial charge in [0, 0.05) is 0 Å². The first-order valence-electron chi connectivity index (χ1n) is 1.46. The van der Waals surface area contributed by atoms with Gasteiger partial charge in [-0.2, -0.15) is 0 Å². The summed E-state index contributed by atoms with van der Waals surface area (Å²) in [5, 5.41) is 0. The van der Waals surface area contributed by atoms with Crippen LogP contribution in [0.15, 0.2) is 0 Å². The standard InChI is InChI=1S/CH4NO5P.Li.H/c2-1(3)7-8(4,5)6;;/h(H2,2,3)(H2,4,5,6);;/q;+1;-1. The van der Waals surface area contributed by atoms with Gasteiger partial charge in [-0.15, -0.1) is 0 Å². The van der Waals surface area contributed by atoms with Crippen molar-refractivity contribution in [2.24, 2.45) is 5.73 Å². The number of hydrogen-bond acceptors (Lipinski definition) is 3. The largest absolute Gasteiger partial charge is 1.00 e. The third kappa shape index (κ3) is 11.5. The van der Waals surface area contributed by atoms with Crippen LogP contribution in [0.5, 0.6) is 0 Å². The van der Waals surface area contributed by atoms with E-state index < -0.39 is 13.9 Å². The zero-order chi connectivity index (χ0) is 6.78. The minimum atomic E-state index is -4.70. The van der Waals surface area contributed by atoms with E-state index in [2.05, 4.69) is 10.3 Å². The van der Waals surface area contributed by atoms with Crippen molar-refractivity contribution >= 4 is 13.9 Å². The Bertz CT molecular complexity index is 145. The van der Waals surface area contributed by atoms with Crippen LogP contribution in [-0.2, 0) is 9.09 Å². The van der Waals surface area contributed by atoms with Gasteiger partial charge in [-0.1, -0.05) is 0 Å². The molecule has 0 rings (SSSR count). The van der Waals surface area contributed by atoms with Crippen molar-refractivity contribution in [1.29, 1.82) is 0 Å². The minimum absolute atomic E-state index is 0. The summed E-state index contributed by atoms with van der Waals surface area (Å²) in [5.41, 5.74) is 4.23. The van der Waals surface area contributed by atoms with Crippen LogP contribution in [0, 0.1) is 0 Å². The molecule has 0 bridgehead atoms. The van der Waals surface area contributed by atoms with E-state index in [1.807, 2.05) is 0 Å². The third-order valence-corrected chi connectivity index (χ3v) is 0.627. The van der Waals surface area contributed by atoms with Crippen LogP contribution >= 0.6 is 7.82 Å². The fraction of sp³-hybridized carbons (Fsp3) is 0. The second-order valence-electron chi connectivity index (χ2n) is 0.901. The van der Waals surface area contributed by atoms with Gasteiger partial charge in [-0.25, -0.2) is 9.36 Å². The molecule has 9 heavy (non-hydrogen) atoms. The molecule has 0 aromatic carbocycles. The molecule has 0 radical (unpaired) electrons. The van der Waals surface area contributed by atoms with Crippen LogP contribution in [0.2, 0.25) is 0 Å². The first-order valence-corrected chi connectivity index (χ1v) is 2.99. The van der Waals surface area contributed by atoms with Gasteiger partial charge in [0.05, 0.1) is 0 Å². The van der Waals surface area contributed by atoms with Crippen LogP contribution in [0.3, 0.4) is 0 Å². The van der Waals surface area contributed by atoms with Crippen molar-refractivity contribution in [3.8, 4) is 0 Å². The number of hydrogen-bond donors (Lipinski definition) is 3. The summed E-state index contributed by atoms with van der Waals surface area (Å²) < 4.78 is 12.9. The molecule has 4 N–H and O–H groups in total. The molecule has 0 fully saturated rings. The average Bonchev–Trinajstić information content (AvgIpc) is 1.21. The quantitative estimate of drug-likeness (QED) is 0.262. The molecule has 0 aliphatic rings. The van der Waals surface area contributed by atoms with E-state index in [1.165, 1.54) is 0 Å². The Morgan fingerprint density at radius 1 is 1.67 bits per heavy atom. The average molecular weight is 149 g/mol. The molecule has 0 atom stereocenters. The maximum absolute atomic E-state index is 9.61. The Balaban J connectivity index is -0.000000245. The zero-order valence-corrected chi connectivity index (χ0v) is 5.54. The SMILES string of the molecule is NC(=O)OP(=O)(O)O.[H-].[Li+]. The maximum Gasteiger partial charge on any atom is 1.00 e. The Kier molecular flexibility index (Phi) is 5.15. The first kappa shape index (κ1) is 11.8. The molecule has 0 unspecified atom stereocenters. The molecule has 0 aliphatic heterocycles. The fourth-order valence-electron chi connectivity index (χ4n) is 0.117. The van der Waals surface area contributed by atoms with E-state index in [9.17, 15) is 9.36 Å². The van der Waals surface area contributed by atoms with E-state index in [4.69, 9.17) is 9.79 Å². The van der Waals surface area contributed by atoms with Gasteiger partial charge in [0.2, 0.25) is 0 Å². The van der Waals surface area contributed by atoms with E-state index >= 15 is 0 Å². The molecular formula is CH5LiNO5P. The van der Waals surface area contributed by atoms with Gasteiger partial charge in [0.1, 0.15) is 0 Å². The number of nitrogens with two attached hydrogens (primary N) is 1. The van der Waals surface area contributed by atoms with Crippen LogP contribution < -0.4 is 24.6 Å². The van der Waals surface area contributed by atoms with E-state index in [-0.39, 0.29) is 20.3 Å². The number of primary amides is 1. The Morgan fingerprint density at radius 2 is 2.00 bits per heavy atom. The summed E-state index contributed by atoms with van der Waals surface area (Å²) in [6, 6.07) is 0. The normalized spacial score (nSPS) is 9.56. The predicted octanol–water partition coefficient (Wildman–Crippen LogP) is -3.71. The van der Waals surface area contributed by atoms with E-state index in [0.717, 1.165) is 0 Å². The second-order valence-corrected chi connectivity index (χ2v) is 2.06. The Morgan fingerprint density at radius 3 is 2.00 bits per heavy atom. The molecule has 6 nitrogen and oxygen atoms in total. The number of amides is 1. The summed E-state index contributed by atoms with van der Waals surface area (Å²) in [5.74, 6) is 0. The van der Waals surface area contributed by atoms with E-state index in [1.54, 1.807) is 0 Å². The van der Waals surface area contributed by atoms with Crippen molar-refractivity contribution in [1.82, 2.24) is 0 Å². The van der Waals surface area contributed by atoms with Crippen molar-refractivity contribution in [2.45, 2.75) is 0 Å². The van der Waals surface area contributed by atoms with Crippen molar-refractivity contribution < 1.29 is 44.0 Å². The fourth-order valence-corrected chi connectivity index (χ4v) is 0.352. The molecule has 0 aromatic rings. The molecule has 0 saturated carbocycles. The molecule has 1 amide bonds. The maximum atomic E-state index is 9.61. The summed E-state index contributed by atoms with van der Waals surface area (Å²) in [4.78, 5) is 25.1. The summed E-state index contributed by atoms with van der Waals surface area (Å²) in [6.45, 7) is 0. The Labute approximate surface area is 64.3 Å². The number of carbonyl (C=O) groups excluding carboxylic acids is 1. The van der Waals surface area contributed by atoms with Crippen LogP contribution in [0.4, 0.5) is 4.79 Å². The topological polar surface area (TPSA) is 110 Å². The Hall–Kier alpha value is 0.0174. The summed E-state index contributed by atoms with van der Waals surface area (Å²) in [6.07, 6.45) is -1.49. The molecule has 0 heterocycles. The summed E-state index contributed by atoms with van der Waals surface area (Å²) in [7, 11) is -4.70. The van der Waals surface area contributed by atoms with Gasteiger partial charge < -0.3 is 11.7 Å². The smallest absolute Gasteiger partial charge is 1.00 e. The monoisotopic (exact) mass is 149 g/mol. The van der Waals surface area contributed by atoms with Crippen molar-refractivity contribution in [2.75, 3.05) is 0 Å². The van der Waals surface area contributed by atoms with Crippen molar-refractivity contribution in [3.63, 3.8) is 0 Å². The van der Waals surface area contributed by atoms with E-state index in [0.29, 0.717) is 0 Å². The number of carbonyl (C=O) groups is 1. The van der Waals surface area contributed by atoms with Crippen LogP contribution in [0.1, 0.15) is 1.43 Å².